The lowest BCUT2D eigenvalue weighted by atomic mass is 10.1. The van der Waals surface area contributed by atoms with Crippen LogP contribution in [0.1, 0.15) is 13.8 Å². The van der Waals surface area contributed by atoms with Gasteiger partial charge in [0.25, 0.3) is 0 Å². The van der Waals surface area contributed by atoms with Gasteiger partial charge in [-0.25, -0.2) is 5.43 Å². The standard InChI is InChI=1S/C6H15N3O/c1-6(2,8-7)5(10)9(3)4/h8H,7H2,1-4H3. The Kier molecular flexibility index (Phi) is 2.80. The molecule has 0 aliphatic rings. The molecule has 0 aromatic rings. The van der Waals surface area contributed by atoms with Crippen LogP contribution in [-0.4, -0.2) is 30.4 Å². The molecule has 60 valence electrons. The quantitative estimate of drug-likeness (QED) is 0.399. The van der Waals surface area contributed by atoms with Crippen LogP contribution in [0.25, 0.3) is 0 Å². The summed E-state index contributed by atoms with van der Waals surface area (Å²) in [4.78, 5) is 12.7. The Hall–Kier alpha value is -0.610. The second kappa shape index (κ2) is 2.98. The predicted molar refractivity (Wildman–Crippen MR) is 40.1 cm³/mol. The molecule has 0 rings (SSSR count). The Morgan fingerprint density at radius 1 is 1.50 bits per heavy atom. The van der Waals surface area contributed by atoms with E-state index in [1.165, 1.54) is 4.90 Å². The second-order valence-electron chi connectivity index (χ2n) is 2.97. The van der Waals surface area contributed by atoms with Gasteiger partial charge in [0, 0.05) is 14.1 Å². The molecular formula is C6H15N3O. The van der Waals surface area contributed by atoms with E-state index in [4.69, 9.17) is 5.84 Å². The summed E-state index contributed by atoms with van der Waals surface area (Å²) in [5, 5.41) is 0. The number of hydrogen-bond acceptors (Lipinski definition) is 3. The Morgan fingerprint density at radius 3 is 2.00 bits per heavy atom. The van der Waals surface area contributed by atoms with Crippen LogP contribution >= 0.6 is 0 Å². The van der Waals surface area contributed by atoms with Gasteiger partial charge < -0.3 is 4.90 Å². The molecule has 0 fully saturated rings. The van der Waals surface area contributed by atoms with Crippen molar-refractivity contribution >= 4 is 5.91 Å². The average molecular weight is 145 g/mol. The summed E-state index contributed by atoms with van der Waals surface area (Å²) in [7, 11) is 3.39. The maximum Gasteiger partial charge on any atom is 0.243 e. The maximum absolute atomic E-state index is 11.2. The normalized spacial score (nSPS) is 11.3. The van der Waals surface area contributed by atoms with Crippen molar-refractivity contribution in [2.24, 2.45) is 5.84 Å². The lowest BCUT2D eigenvalue weighted by Gasteiger charge is -2.25. The maximum atomic E-state index is 11.2. The molecule has 0 aromatic carbocycles. The number of carbonyl (C=O) groups is 1. The average Bonchev–Trinajstić information content (AvgIpc) is 1.86. The van der Waals surface area contributed by atoms with E-state index in [0.29, 0.717) is 0 Å². The molecule has 0 saturated heterocycles. The molecular weight excluding hydrogens is 130 g/mol. The largest absolute Gasteiger partial charge is 0.347 e. The molecule has 4 heteroatoms. The van der Waals surface area contributed by atoms with Gasteiger partial charge in [-0.2, -0.15) is 0 Å². The number of rotatable bonds is 2. The smallest absolute Gasteiger partial charge is 0.243 e. The number of nitrogens with one attached hydrogen (secondary N) is 1. The van der Waals surface area contributed by atoms with Crippen molar-refractivity contribution in [2.75, 3.05) is 14.1 Å². The van der Waals surface area contributed by atoms with Gasteiger partial charge in [-0.1, -0.05) is 0 Å². The number of nitrogens with zero attached hydrogens (tertiary/aromatic N) is 1. The molecule has 1 amide bonds. The van der Waals surface area contributed by atoms with E-state index in [0.717, 1.165) is 0 Å². The Morgan fingerprint density at radius 2 is 1.90 bits per heavy atom. The number of carbonyl (C=O) groups excluding carboxylic acids is 1. The molecule has 0 bridgehead atoms. The lowest BCUT2D eigenvalue weighted by Crippen LogP contribution is -2.54. The zero-order chi connectivity index (χ0) is 8.36. The van der Waals surface area contributed by atoms with Crippen LogP contribution in [0.2, 0.25) is 0 Å². The Labute approximate surface area is 61.3 Å². The summed E-state index contributed by atoms with van der Waals surface area (Å²) < 4.78 is 0. The first kappa shape index (κ1) is 9.39. The van der Waals surface area contributed by atoms with Gasteiger partial charge in [-0.15, -0.1) is 0 Å². The van der Waals surface area contributed by atoms with Crippen molar-refractivity contribution in [1.82, 2.24) is 10.3 Å². The highest BCUT2D eigenvalue weighted by Gasteiger charge is 2.26. The molecule has 0 aromatic heterocycles. The highest BCUT2D eigenvalue weighted by molar-refractivity contribution is 5.84. The molecule has 0 heterocycles. The number of hydrogen-bond donors (Lipinski definition) is 2. The highest BCUT2D eigenvalue weighted by atomic mass is 16.2. The molecule has 0 aliphatic carbocycles. The van der Waals surface area contributed by atoms with Crippen LogP contribution in [0.5, 0.6) is 0 Å². The van der Waals surface area contributed by atoms with E-state index in [9.17, 15) is 4.79 Å². The first-order valence-corrected chi connectivity index (χ1v) is 3.11. The van der Waals surface area contributed by atoms with Crippen LogP contribution in [-0.2, 0) is 4.79 Å². The zero-order valence-electron chi connectivity index (χ0n) is 6.93. The van der Waals surface area contributed by atoms with Crippen molar-refractivity contribution in [3.8, 4) is 0 Å². The van der Waals surface area contributed by atoms with Crippen LogP contribution in [0.3, 0.4) is 0 Å². The van der Waals surface area contributed by atoms with Crippen LogP contribution in [0.15, 0.2) is 0 Å². The fourth-order valence-electron chi connectivity index (χ4n) is 0.621. The monoisotopic (exact) mass is 145 g/mol. The first-order chi connectivity index (χ1) is 4.41. The molecule has 3 N–H and O–H groups in total. The third-order valence-corrected chi connectivity index (χ3v) is 1.30. The van der Waals surface area contributed by atoms with E-state index in [1.807, 2.05) is 0 Å². The number of amides is 1. The van der Waals surface area contributed by atoms with Gasteiger partial charge in [0.15, 0.2) is 0 Å². The van der Waals surface area contributed by atoms with E-state index in [2.05, 4.69) is 5.43 Å². The summed E-state index contributed by atoms with van der Waals surface area (Å²) in [5.41, 5.74) is 1.77. The van der Waals surface area contributed by atoms with E-state index in [-0.39, 0.29) is 5.91 Å². The topological polar surface area (TPSA) is 58.4 Å². The van der Waals surface area contributed by atoms with E-state index < -0.39 is 5.54 Å². The van der Waals surface area contributed by atoms with Crippen molar-refractivity contribution in [2.45, 2.75) is 19.4 Å². The Balaban J connectivity index is 4.19. The first-order valence-electron chi connectivity index (χ1n) is 3.11. The van der Waals surface area contributed by atoms with Crippen LogP contribution in [0, 0.1) is 0 Å². The molecule has 0 atom stereocenters. The van der Waals surface area contributed by atoms with Crippen molar-refractivity contribution in [3.63, 3.8) is 0 Å². The Bertz CT molecular complexity index is 131. The molecule has 0 saturated carbocycles. The van der Waals surface area contributed by atoms with Crippen LogP contribution in [0.4, 0.5) is 0 Å². The van der Waals surface area contributed by atoms with E-state index >= 15 is 0 Å². The van der Waals surface area contributed by atoms with Gasteiger partial charge in [-0.05, 0) is 13.8 Å². The molecule has 4 nitrogen and oxygen atoms in total. The van der Waals surface area contributed by atoms with Gasteiger partial charge >= 0.3 is 0 Å². The minimum absolute atomic E-state index is 0.0324. The fourth-order valence-corrected chi connectivity index (χ4v) is 0.621. The van der Waals surface area contributed by atoms with Crippen LogP contribution < -0.4 is 11.3 Å². The lowest BCUT2D eigenvalue weighted by molar-refractivity contribution is -0.134. The molecule has 0 radical (unpaired) electrons. The summed E-state index contributed by atoms with van der Waals surface area (Å²) in [6.45, 7) is 3.46. The third kappa shape index (κ3) is 1.97. The number of hydrazine groups is 1. The van der Waals surface area contributed by atoms with Crippen molar-refractivity contribution < 1.29 is 4.79 Å². The molecule has 0 aliphatic heterocycles. The minimum atomic E-state index is -0.663. The SMILES string of the molecule is CN(C)C(=O)C(C)(C)NN. The van der Waals surface area contributed by atoms with Gasteiger partial charge in [-0.3, -0.25) is 10.6 Å². The van der Waals surface area contributed by atoms with Gasteiger partial charge in [0.2, 0.25) is 5.91 Å². The minimum Gasteiger partial charge on any atom is -0.347 e. The molecule has 0 spiro atoms. The second-order valence-corrected chi connectivity index (χ2v) is 2.97. The molecule has 0 unspecified atom stereocenters. The fraction of sp³-hybridized carbons (Fsp3) is 0.833. The third-order valence-electron chi connectivity index (χ3n) is 1.30. The summed E-state index contributed by atoms with van der Waals surface area (Å²) >= 11 is 0. The predicted octanol–water partition coefficient (Wildman–Crippen LogP) is -0.683. The number of nitrogens with two attached hydrogens (primary N) is 1. The zero-order valence-corrected chi connectivity index (χ0v) is 6.93. The van der Waals surface area contributed by atoms with E-state index in [1.54, 1.807) is 27.9 Å². The van der Waals surface area contributed by atoms with Crippen molar-refractivity contribution in [1.29, 1.82) is 0 Å². The van der Waals surface area contributed by atoms with Gasteiger partial charge in [0.1, 0.15) is 5.54 Å². The number of likely N-dealkylation sites (N-methyl/N-ethyl adjacent to an activating group) is 1. The summed E-state index contributed by atoms with van der Waals surface area (Å²) in [6, 6.07) is 0. The van der Waals surface area contributed by atoms with Crippen molar-refractivity contribution in [3.05, 3.63) is 0 Å². The van der Waals surface area contributed by atoms with Gasteiger partial charge in [0.05, 0.1) is 0 Å². The summed E-state index contributed by atoms with van der Waals surface area (Å²) in [5.74, 6) is 5.12. The highest BCUT2D eigenvalue weighted by Crippen LogP contribution is 2.02. The summed E-state index contributed by atoms with van der Waals surface area (Å²) in [6.07, 6.45) is 0. The molecule has 10 heavy (non-hydrogen) atoms.